The lowest BCUT2D eigenvalue weighted by molar-refractivity contribution is -0.159. The van der Waals surface area contributed by atoms with Crippen molar-refractivity contribution in [3.63, 3.8) is 0 Å². The summed E-state index contributed by atoms with van der Waals surface area (Å²) in [5, 5.41) is 4.00. The van der Waals surface area contributed by atoms with E-state index in [4.69, 9.17) is 9.26 Å². The van der Waals surface area contributed by atoms with Gasteiger partial charge in [0.05, 0.1) is 11.3 Å². The van der Waals surface area contributed by atoms with Gasteiger partial charge in [0.15, 0.2) is 5.76 Å². The topological polar surface area (TPSA) is 93.0 Å². The first-order valence-electron chi connectivity index (χ1n) is 10.9. The minimum atomic E-state index is -1.53. The molecular formula is C25H23N3O5. The van der Waals surface area contributed by atoms with Crippen LogP contribution in [0.1, 0.15) is 42.7 Å². The summed E-state index contributed by atoms with van der Waals surface area (Å²) in [6.45, 7) is 3.51. The van der Waals surface area contributed by atoms with Gasteiger partial charge in [-0.05, 0) is 26.0 Å². The van der Waals surface area contributed by atoms with Gasteiger partial charge in [0.25, 0.3) is 5.91 Å². The van der Waals surface area contributed by atoms with Crippen molar-refractivity contribution >= 4 is 23.5 Å². The van der Waals surface area contributed by atoms with Crippen LogP contribution in [0.4, 0.5) is 5.69 Å². The van der Waals surface area contributed by atoms with Crippen molar-refractivity contribution < 1.29 is 23.6 Å². The molecule has 0 bridgehead atoms. The number of aromatic nitrogens is 1. The van der Waals surface area contributed by atoms with Crippen LogP contribution < -0.4 is 4.90 Å². The second-order valence-electron chi connectivity index (χ2n) is 8.46. The van der Waals surface area contributed by atoms with Crippen LogP contribution >= 0.6 is 0 Å². The van der Waals surface area contributed by atoms with Gasteiger partial charge in [0.1, 0.15) is 12.3 Å². The quantitative estimate of drug-likeness (QED) is 0.555. The number of anilines is 1. The van der Waals surface area contributed by atoms with Crippen LogP contribution in [0, 0.1) is 0 Å². The van der Waals surface area contributed by atoms with Crippen LogP contribution in [0.15, 0.2) is 65.2 Å². The van der Waals surface area contributed by atoms with Gasteiger partial charge in [-0.25, -0.2) is 4.79 Å². The molecule has 0 N–H and O–H groups in total. The number of fused-ring (bicyclic) bond motifs is 3. The first-order chi connectivity index (χ1) is 15.9. The molecule has 1 fully saturated rings. The third-order valence-electron chi connectivity index (χ3n) is 6.11. The Kier molecular flexibility index (Phi) is 5.00. The van der Waals surface area contributed by atoms with Gasteiger partial charge >= 0.3 is 5.97 Å². The van der Waals surface area contributed by atoms with E-state index in [-0.39, 0.29) is 37.3 Å². The molecule has 0 aliphatic carbocycles. The largest absolute Gasteiger partial charge is 0.456 e. The number of hydrogen-bond donors (Lipinski definition) is 0. The summed E-state index contributed by atoms with van der Waals surface area (Å²) in [7, 11) is 0. The molecule has 0 radical (unpaired) electrons. The van der Waals surface area contributed by atoms with Gasteiger partial charge in [-0.2, -0.15) is 0 Å². The zero-order valence-electron chi connectivity index (χ0n) is 18.4. The van der Waals surface area contributed by atoms with Crippen molar-refractivity contribution in [3.05, 3.63) is 71.9 Å². The summed E-state index contributed by atoms with van der Waals surface area (Å²) in [4.78, 5) is 42.9. The highest BCUT2D eigenvalue weighted by atomic mass is 16.5. The lowest BCUT2D eigenvalue weighted by Crippen LogP contribution is -2.70. The maximum atomic E-state index is 13.6. The van der Waals surface area contributed by atoms with E-state index in [1.807, 2.05) is 44.2 Å². The molecule has 3 heterocycles. The molecule has 1 aromatic heterocycles. The van der Waals surface area contributed by atoms with Crippen LogP contribution in [0.3, 0.4) is 0 Å². The minimum Gasteiger partial charge on any atom is -0.456 e. The standard InChI is InChI=1S/C25H23N3O5/c1-16(2)27-23(30)19-10-6-7-11-20(19)28-22(29)12-13-25(27,28)24(31)32-15-18-14-21(33-26-18)17-8-4-3-5-9-17/h3-11,14,16H,12-13,15H2,1-2H3. The van der Waals surface area contributed by atoms with Crippen LogP contribution in [-0.2, 0) is 20.9 Å². The maximum absolute atomic E-state index is 13.6. The molecule has 2 aromatic carbocycles. The fraction of sp³-hybridized carbons (Fsp3) is 0.280. The van der Waals surface area contributed by atoms with E-state index in [0.717, 1.165) is 5.56 Å². The number of carbonyl (C=O) groups excluding carboxylic acids is 3. The average Bonchev–Trinajstić information content (AvgIpc) is 3.43. The number of hydrogen-bond acceptors (Lipinski definition) is 6. The second-order valence-corrected chi connectivity index (χ2v) is 8.46. The van der Waals surface area contributed by atoms with Gasteiger partial charge < -0.3 is 14.2 Å². The molecule has 168 valence electrons. The number of esters is 1. The molecule has 33 heavy (non-hydrogen) atoms. The number of carbonyl (C=O) groups is 3. The summed E-state index contributed by atoms with van der Waals surface area (Å²) in [5.41, 5.74) is 0.603. The first kappa shape index (κ1) is 20.9. The van der Waals surface area contributed by atoms with E-state index >= 15 is 0 Å². The van der Waals surface area contributed by atoms with Gasteiger partial charge in [-0.1, -0.05) is 47.6 Å². The highest BCUT2D eigenvalue weighted by Crippen LogP contribution is 2.46. The second kappa shape index (κ2) is 7.88. The van der Waals surface area contributed by atoms with E-state index < -0.39 is 11.6 Å². The summed E-state index contributed by atoms with van der Waals surface area (Å²) >= 11 is 0. The molecular weight excluding hydrogens is 422 g/mol. The third kappa shape index (κ3) is 3.21. The lowest BCUT2D eigenvalue weighted by atomic mass is 9.95. The van der Waals surface area contributed by atoms with Gasteiger partial charge in [0, 0.05) is 30.5 Å². The lowest BCUT2D eigenvalue weighted by Gasteiger charge is -2.50. The van der Waals surface area contributed by atoms with Crippen molar-refractivity contribution in [3.8, 4) is 11.3 Å². The number of para-hydroxylation sites is 1. The van der Waals surface area contributed by atoms with Crippen LogP contribution in [0.2, 0.25) is 0 Å². The van der Waals surface area contributed by atoms with Crippen LogP contribution in [0.5, 0.6) is 0 Å². The Morgan fingerprint density at radius 2 is 1.85 bits per heavy atom. The highest BCUT2D eigenvalue weighted by molar-refractivity contribution is 6.15. The molecule has 1 saturated heterocycles. The summed E-state index contributed by atoms with van der Waals surface area (Å²) in [6.07, 6.45) is 0.305. The zero-order valence-corrected chi connectivity index (χ0v) is 18.4. The third-order valence-corrected chi connectivity index (χ3v) is 6.11. The van der Waals surface area contributed by atoms with Crippen molar-refractivity contribution in [1.29, 1.82) is 0 Å². The number of benzene rings is 2. The Morgan fingerprint density at radius 1 is 1.12 bits per heavy atom. The molecule has 3 aromatic rings. The van der Waals surface area contributed by atoms with E-state index in [0.29, 0.717) is 22.7 Å². The SMILES string of the molecule is CC(C)N1C(=O)c2ccccc2N2C(=O)CCC21C(=O)OCc1cc(-c2ccccc2)on1. The Balaban J connectivity index is 1.46. The Labute approximate surface area is 190 Å². The van der Waals surface area contributed by atoms with Crippen molar-refractivity contribution in [2.45, 2.75) is 45.0 Å². The summed E-state index contributed by atoms with van der Waals surface area (Å²) in [6, 6.07) is 17.7. The number of amides is 2. The van der Waals surface area contributed by atoms with Gasteiger partial charge in [0.2, 0.25) is 11.6 Å². The molecule has 2 aliphatic rings. The Morgan fingerprint density at radius 3 is 2.61 bits per heavy atom. The molecule has 0 spiro atoms. The van der Waals surface area contributed by atoms with E-state index in [9.17, 15) is 14.4 Å². The van der Waals surface area contributed by atoms with Crippen molar-refractivity contribution in [2.24, 2.45) is 0 Å². The van der Waals surface area contributed by atoms with E-state index in [1.165, 1.54) is 9.80 Å². The smallest absolute Gasteiger partial charge is 0.354 e. The molecule has 8 heteroatoms. The van der Waals surface area contributed by atoms with E-state index in [1.54, 1.807) is 30.3 Å². The predicted octanol–water partition coefficient (Wildman–Crippen LogP) is 3.77. The van der Waals surface area contributed by atoms with Crippen LogP contribution in [0.25, 0.3) is 11.3 Å². The van der Waals surface area contributed by atoms with Gasteiger partial charge in [-0.15, -0.1) is 0 Å². The molecule has 2 amide bonds. The normalized spacial score (nSPS) is 19.6. The van der Waals surface area contributed by atoms with E-state index in [2.05, 4.69) is 5.16 Å². The maximum Gasteiger partial charge on any atom is 0.354 e. The molecule has 1 unspecified atom stereocenters. The average molecular weight is 445 g/mol. The monoisotopic (exact) mass is 445 g/mol. The van der Waals surface area contributed by atoms with Crippen molar-refractivity contribution in [2.75, 3.05) is 4.90 Å². The van der Waals surface area contributed by atoms with Crippen LogP contribution in [-0.4, -0.2) is 39.5 Å². The Bertz CT molecular complexity index is 1240. The number of ether oxygens (including phenoxy) is 1. The summed E-state index contributed by atoms with van der Waals surface area (Å²) in [5.74, 6) is -0.612. The molecule has 2 aliphatic heterocycles. The summed E-state index contributed by atoms with van der Waals surface area (Å²) < 4.78 is 11.0. The molecule has 0 saturated carbocycles. The molecule has 1 atom stereocenters. The highest BCUT2D eigenvalue weighted by Gasteiger charge is 2.62. The van der Waals surface area contributed by atoms with Crippen molar-refractivity contribution in [1.82, 2.24) is 10.1 Å². The fourth-order valence-electron chi connectivity index (χ4n) is 4.75. The number of nitrogens with zero attached hydrogens (tertiary/aromatic N) is 3. The zero-order chi connectivity index (χ0) is 23.2. The predicted molar refractivity (Wildman–Crippen MR) is 119 cm³/mol. The minimum absolute atomic E-state index is 0.138. The number of rotatable bonds is 5. The molecule has 8 nitrogen and oxygen atoms in total. The first-order valence-corrected chi connectivity index (χ1v) is 10.9. The Hall–Kier alpha value is -3.94. The van der Waals surface area contributed by atoms with Gasteiger partial charge in [-0.3, -0.25) is 14.5 Å². The molecule has 5 rings (SSSR count). The fourth-order valence-corrected chi connectivity index (χ4v) is 4.75.